The highest BCUT2D eigenvalue weighted by molar-refractivity contribution is 6.33. The molecule has 9 rings (SSSR count). The van der Waals surface area contributed by atoms with E-state index in [2.05, 4.69) is 15.3 Å². The molecule has 0 spiro atoms. The van der Waals surface area contributed by atoms with Crippen molar-refractivity contribution in [3.8, 4) is 17.1 Å². The molecule has 3 aromatic carbocycles. The zero-order valence-corrected chi connectivity index (χ0v) is 34.9. The van der Waals surface area contributed by atoms with E-state index in [1.54, 1.807) is 16.4 Å². The first kappa shape index (κ1) is 41.0. The van der Waals surface area contributed by atoms with Crippen molar-refractivity contribution in [2.24, 2.45) is 0 Å². The van der Waals surface area contributed by atoms with Crippen LogP contribution in [-0.4, -0.2) is 72.0 Å². The number of amides is 2. The summed E-state index contributed by atoms with van der Waals surface area (Å²) in [5.41, 5.74) is 3.20. The third kappa shape index (κ3) is 7.31. The summed E-state index contributed by atoms with van der Waals surface area (Å²) in [5, 5.41) is 7.16. The number of nitrogens with zero attached hydrogens (tertiary/aromatic N) is 8. The lowest BCUT2D eigenvalue weighted by Crippen LogP contribution is -2.51. The van der Waals surface area contributed by atoms with Gasteiger partial charge in [-0.3, -0.25) is 19.0 Å². The van der Waals surface area contributed by atoms with Gasteiger partial charge in [-0.1, -0.05) is 61.0 Å². The molecule has 1 N–H and O–H groups in total. The Labute approximate surface area is 358 Å². The Morgan fingerprint density at radius 2 is 1.77 bits per heavy atom. The number of nitrogens with one attached hydrogen (secondary N) is 1. The maximum Gasteiger partial charge on any atom is 0.416 e. The average molecular weight is 868 g/mol. The highest BCUT2D eigenvalue weighted by atomic mass is 35.5. The van der Waals surface area contributed by atoms with Gasteiger partial charge in [-0.2, -0.15) is 22.7 Å². The lowest BCUT2D eigenvalue weighted by atomic mass is 9.94. The van der Waals surface area contributed by atoms with Gasteiger partial charge in [0.15, 0.2) is 17.3 Å². The molecule has 62 heavy (non-hydrogen) atoms. The number of hydrogen-bond acceptors (Lipinski definition) is 10. The Bertz CT molecular complexity index is 2820. The second-order valence-corrected chi connectivity index (χ2v) is 16.7. The molecule has 0 aliphatic carbocycles. The van der Waals surface area contributed by atoms with Gasteiger partial charge < -0.3 is 24.6 Å². The molecule has 2 atom stereocenters. The lowest BCUT2D eigenvalue weighted by Gasteiger charge is -2.36. The van der Waals surface area contributed by atoms with Crippen LogP contribution in [0, 0.1) is 6.92 Å². The summed E-state index contributed by atoms with van der Waals surface area (Å²) in [7, 11) is 0. The molecule has 6 heterocycles. The summed E-state index contributed by atoms with van der Waals surface area (Å²) in [6, 6.07) is 17.1. The molecule has 18 heteroatoms. The largest absolute Gasteiger partial charge is 0.485 e. The molecule has 6 aromatic rings. The minimum Gasteiger partial charge on any atom is -0.485 e. The summed E-state index contributed by atoms with van der Waals surface area (Å²) in [6.07, 6.45) is -3.06. The number of anilines is 2. The van der Waals surface area contributed by atoms with E-state index < -0.39 is 34.8 Å². The van der Waals surface area contributed by atoms with Crippen LogP contribution in [0.4, 0.5) is 24.5 Å². The fourth-order valence-corrected chi connectivity index (χ4v) is 8.81. The molecule has 1 fully saturated rings. The van der Waals surface area contributed by atoms with E-state index in [0.29, 0.717) is 35.0 Å². The number of fused-ring (bicyclic) bond motifs is 4. The van der Waals surface area contributed by atoms with Crippen LogP contribution in [0.1, 0.15) is 83.3 Å². The number of aromatic nitrogens is 6. The van der Waals surface area contributed by atoms with Crippen LogP contribution in [0.25, 0.3) is 17.2 Å². The number of halogens is 4. The van der Waals surface area contributed by atoms with Crippen LogP contribution in [0.2, 0.25) is 5.02 Å². The lowest BCUT2D eigenvalue weighted by molar-refractivity contribution is -0.137. The first-order valence-corrected chi connectivity index (χ1v) is 20.5. The van der Waals surface area contributed by atoms with Gasteiger partial charge >= 0.3 is 6.18 Å². The fraction of sp³-hybridized carbons (Fsp3) is 0.341. The number of carbonyl (C=O) groups is 2. The molecule has 3 aliphatic rings. The van der Waals surface area contributed by atoms with Gasteiger partial charge in [-0.25, -0.2) is 9.97 Å². The number of hydrogen-bond donors (Lipinski definition) is 1. The zero-order valence-electron chi connectivity index (χ0n) is 34.2. The molecule has 320 valence electrons. The third-order valence-electron chi connectivity index (χ3n) is 11.8. The molecule has 0 radical (unpaired) electrons. The Morgan fingerprint density at radius 3 is 2.50 bits per heavy atom. The molecule has 0 unspecified atom stereocenters. The van der Waals surface area contributed by atoms with E-state index >= 15 is 0 Å². The summed E-state index contributed by atoms with van der Waals surface area (Å²) in [6.45, 7) is 9.23. The van der Waals surface area contributed by atoms with Gasteiger partial charge in [0.1, 0.15) is 24.7 Å². The van der Waals surface area contributed by atoms with Crippen molar-refractivity contribution in [3.63, 3.8) is 0 Å². The molecule has 3 aromatic heterocycles. The molecule has 0 bridgehead atoms. The summed E-state index contributed by atoms with van der Waals surface area (Å²) < 4.78 is 55.3. The highest BCUT2D eigenvalue weighted by Crippen LogP contribution is 2.43. The third-order valence-corrected chi connectivity index (χ3v) is 12.1. The van der Waals surface area contributed by atoms with Gasteiger partial charge in [-0.15, -0.1) is 5.10 Å². The van der Waals surface area contributed by atoms with Gasteiger partial charge in [0, 0.05) is 37.7 Å². The number of piperazine rings is 1. The van der Waals surface area contributed by atoms with Crippen LogP contribution in [0.5, 0.6) is 5.75 Å². The van der Waals surface area contributed by atoms with Crippen molar-refractivity contribution < 1.29 is 32.2 Å². The average Bonchev–Trinajstić information content (AvgIpc) is 3.94. The van der Waals surface area contributed by atoms with Gasteiger partial charge in [0.25, 0.3) is 11.5 Å². The second kappa shape index (κ2) is 15.5. The standard InChI is InChI=1S/C44H41ClF3N9O5/c1-24-18-33(39(58)51-32-13-11-29(20-31(32)45)44(46,47)48)56-35(24)36(41(60)57-42(56)52-38(53-57)27-10-12-30-28(19-27)22-62-43(30,3)4)54-14-16-55(17-15-54)40(59)34-37(25(2)49-23-50-34)61-21-26-8-6-5-7-9-26/h5-13,19-20,23-24,33H,14-18,21-22H2,1-4H3,(H,51,58)/t24-,33-/m1/s1. The minimum absolute atomic E-state index is 0.00166. The van der Waals surface area contributed by atoms with E-state index in [4.69, 9.17) is 31.2 Å². The quantitative estimate of drug-likeness (QED) is 0.165. The molecule has 2 amide bonds. The van der Waals surface area contributed by atoms with E-state index in [1.807, 2.05) is 74.2 Å². The number of rotatable bonds is 8. The molecule has 0 saturated carbocycles. The first-order valence-electron chi connectivity index (χ1n) is 20.1. The predicted molar refractivity (Wildman–Crippen MR) is 223 cm³/mol. The van der Waals surface area contributed by atoms with E-state index in [0.717, 1.165) is 34.9 Å². The van der Waals surface area contributed by atoms with Crippen molar-refractivity contribution in [3.05, 3.63) is 128 Å². The highest BCUT2D eigenvalue weighted by Gasteiger charge is 2.41. The van der Waals surface area contributed by atoms with Crippen molar-refractivity contribution >= 4 is 40.6 Å². The monoisotopic (exact) mass is 867 g/mol. The fourth-order valence-electron chi connectivity index (χ4n) is 8.59. The summed E-state index contributed by atoms with van der Waals surface area (Å²) in [4.78, 5) is 60.0. The van der Waals surface area contributed by atoms with Gasteiger partial charge in [-0.05, 0) is 68.1 Å². The molecular formula is C44H41ClF3N9O5. The number of carbonyl (C=O) groups excluding carboxylic acids is 2. The Morgan fingerprint density at radius 1 is 1.02 bits per heavy atom. The van der Waals surface area contributed by atoms with Crippen LogP contribution >= 0.6 is 11.6 Å². The van der Waals surface area contributed by atoms with E-state index in [9.17, 15) is 27.6 Å². The molecule has 1 saturated heterocycles. The molecule has 3 aliphatic heterocycles. The van der Waals surface area contributed by atoms with Gasteiger partial charge in [0.2, 0.25) is 11.7 Å². The van der Waals surface area contributed by atoms with Crippen LogP contribution in [0.15, 0.2) is 77.9 Å². The number of benzene rings is 3. The minimum atomic E-state index is -4.62. The van der Waals surface area contributed by atoms with Crippen LogP contribution in [0.3, 0.4) is 0 Å². The Balaban J connectivity index is 1.06. The number of ether oxygens (including phenoxy) is 2. The van der Waals surface area contributed by atoms with Crippen LogP contribution in [-0.2, 0) is 34.5 Å². The SMILES string of the molecule is Cc1ncnc(C(=O)N2CCN(c3c4n(c5nc(-c6ccc7c(c6)COC7(C)C)nn5c3=O)[C@@H](C(=O)Nc3ccc(C(F)(F)F)cc3Cl)C[C@H]4C)CC2)c1OCc1ccccc1. The maximum absolute atomic E-state index is 14.7. The van der Waals surface area contributed by atoms with Crippen molar-refractivity contribution in [2.75, 3.05) is 36.4 Å². The van der Waals surface area contributed by atoms with E-state index in [-0.39, 0.29) is 79.0 Å². The van der Waals surface area contributed by atoms with Crippen molar-refractivity contribution in [1.82, 2.24) is 34.0 Å². The smallest absolute Gasteiger partial charge is 0.416 e. The van der Waals surface area contributed by atoms with Gasteiger partial charge in [0.05, 0.1) is 39.9 Å². The van der Waals surface area contributed by atoms with Crippen LogP contribution < -0.4 is 20.5 Å². The number of aryl methyl sites for hydroxylation is 1. The molecule has 14 nitrogen and oxygen atoms in total. The maximum atomic E-state index is 14.7. The Kier molecular flexibility index (Phi) is 10.3. The summed E-state index contributed by atoms with van der Waals surface area (Å²) >= 11 is 6.27. The Hall–Kier alpha value is -6.33. The normalized spacial score (nSPS) is 18.2. The van der Waals surface area contributed by atoms with Crippen molar-refractivity contribution in [1.29, 1.82) is 0 Å². The van der Waals surface area contributed by atoms with Crippen molar-refractivity contribution in [2.45, 2.75) is 71.1 Å². The second-order valence-electron chi connectivity index (χ2n) is 16.3. The predicted octanol–water partition coefficient (Wildman–Crippen LogP) is 7.32. The zero-order chi connectivity index (χ0) is 43.7. The summed E-state index contributed by atoms with van der Waals surface area (Å²) in [5.74, 6) is -0.578. The molecular weight excluding hydrogens is 827 g/mol. The number of alkyl halides is 3. The topological polar surface area (TPSA) is 149 Å². The first-order chi connectivity index (χ1) is 29.6. The van der Waals surface area contributed by atoms with E-state index in [1.165, 1.54) is 10.8 Å².